The molecule has 1 aromatic carbocycles. The first-order valence-corrected chi connectivity index (χ1v) is 6.78. The van der Waals surface area contributed by atoms with Crippen LogP contribution in [0.3, 0.4) is 0 Å². The zero-order valence-electron chi connectivity index (χ0n) is 11.2. The van der Waals surface area contributed by atoms with Gasteiger partial charge in [0.25, 0.3) is 5.91 Å². The van der Waals surface area contributed by atoms with Crippen molar-refractivity contribution in [2.24, 2.45) is 5.92 Å². The Hall–Kier alpha value is -1.57. The zero-order chi connectivity index (χ0) is 13.0. The van der Waals surface area contributed by atoms with E-state index in [1.807, 2.05) is 29.2 Å². The standard InChI is InChI=1S/C16H21NO/c1-3-13(2)7-6-10-16(18)17-12-11-14-8-4-5-9-15(14)17/h4-6,8-10,13H,3,7,11-12H2,1-2H3/b10-6+/t13-/m0/s1. The monoisotopic (exact) mass is 243 g/mol. The fourth-order valence-electron chi connectivity index (χ4n) is 2.22. The van der Waals surface area contributed by atoms with E-state index in [1.165, 1.54) is 5.56 Å². The van der Waals surface area contributed by atoms with Crippen molar-refractivity contribution in [3.63, 3.8) is 0 Å². The molecule has 2 rings (SSSR count). The molecule has 0 spiro atoms. The van der Waals surface area contributed by atoms with Crippen LogP contribution in [0.4, 0.5) is 5.69 Å². The molecule has 0 radical (unpaired) electrons. The van der Waals surface area contributed by atoms with Crippen LogP contribution in [0.1, 0.15) is 32.3 Å². The minimum Gasteiger partial charge on any atom is -0.308 e. The van der Waals surface area contributed by atoms with Gasteiger partial charge in [0.05, 0.1) is 0 Å². The number of rotatable bonds is 4. The highest BCUT2D eigenvalue weighted by molar-refractivity contribution is 6.02. The van der Waals surface area contributed by atoms with Gasteiger partial charge >= 0.3 is 0 Å². The lowest BCUT2D eigenvalue weighted by Crippen LogP contribution is -2.26. The highest BCUT2D eigenvalue weighted by atomic mass is 16.2. The van der Waals surface area contributed by atoms with Crippen LogP contribution in [0.15, 0.2) is 36.4 Å². The Morgan fingerprint density at radius 3 is 3.00 bits per heavy atom. The molecule has 0 saturated heterocycles. The lowest BCUT2D eigenvalue weighted by molar-refractivity contribution is -0.114. The average molecular weight is 243 g/mol. The number of hydrogen-bond acceptors (Lipinski definition) is 1. The predicted molar refractivity (Wildman–Crippen MR) is 75.7 cm³/mol. The van der Waals surface area contributed by atoms with Crippen molar-refractivity contribution in [1.29, 1.82) is 0 Å². The molecule has 1 amide bonds. The lowest BCUT2D eigenvalue weighted by Gasteiger charge is -2.14. The third-order valence-electron chi connectivity index (χ3n) is 3.65. The molecule has 18 heavy (non-hydrogen) atoms. The number of fused-ring (bicyclic) bond motifs is 1. The summed E-state index contributed by atoms with van der Waals surface area (Å²) in [4.78, 5) is 14.0. The molecule has 1 aliphatic rings. The van der Waals surface area contributed by atoms with Crippen LogP contribution in [0.2, 0.25) is 0 Å². The van der Waals surface area contributed by atoms with Crippen LogP contribution in [-0.4, -0.2) is 12.5 Å². The van der Waals surface area contributed by atoms with Gasteiger partial charge in [-0.3, -0.25) is 4.79 Å². The molecule has 0 saturated carbocycles. The summed E-state index contributed by atoms with van der Waals surface area (Å²) in [5.74, 6) is 0.767. The van der Waals surface area contributed by atoms with E-state index in [0.29, 0.717) is 5.92 Å². The second-order valence-corrected chi connectivity index (χ2v) is 5.02. The van der Waals surface area contributed by atoms with Gasteiger partial charge in [-0.2, -0.15) is 0 Å². The van der Waals surface area contributed by atoms with E-state index < -0.39 is 0 Å². The van der Waals surface area contributed by atoms with Crippen molar-refractivity contribution in [3.05, 3.63) is 42.0 Å². The number of anilines is 1. The quantitative estimate of drug-likeness (QED) is 0.740. The molecule has 0 aliphatic carbocycles. The summed E-state index contributed by atoms with van der Waals surface area (Å²) in [6, 6.07) is 8.16. The molecule has 1 aromatic rings. The minimum absolute atomic E-state index is 0.114. The van der Waals surface area contributed by atoms with Crippen molar-refractivity contribution >= 4 is 11.6 Å². The van der Waals surface area contributed by atoms with Gasteiger partial charge in [-0.15, -0.1) is 0 Å². The Kier molecular flexibility index (Phi) is 4.19. The average Bonchev–Trinajstić information content (AvgIpc) is 2.82. The Morgan fingerprint density at radius 2 is 2.22 bits per heavy atom. The maximum Gasteiger partial charge on any atom is 0.250 e. The van der Waals surface area contributed by atoms with Gasteiger partial charge in [0, 0.05) is 12.2 Å². The highest BCUT2D eigenvalue weighted by Crippen LogP contribution is 2.27. The molecule has 2 nitrogen and oxygen atoms in total. The van der Waals surface area contributed by atoms with Crippen LogP contribution in [-0.2, 0) is 11.2 Å². The van der Waals surface area contributed by atoms with Gasteiger partial charge in [-0.25, -0.2) is 0 Å². The third-order valence-corrected chi connectivity index (χ3v) is 3.65. The van der Waals surface area contributed by atoms with Gasteiger partial charge in [0.1, 0.15) is 0 Å². The van der Waals surface area contributed by atoms with Crippen molar-refractivity contribution in [1.82, 2.24) is 0 Å². The molecular weight excluding hydrogens is 222 g/mol. The summed E-state index contributed by atoms with van der Waals surface area (Å²) in [6.45, 7) is 5.20. The smallest absolute Gasteiger partial charge is 0.250 e. The number of nitrogens with zero attached hydrogens (tertiary/aromatic N) is 1. The lowest BCUT2D eigenvalue weighted by atomic mass is 10.1. The van der Waals surface area contributed by atoms with E-state index in [2.05, 4.69) is 19.9 Å². The number of hydrogen-bond donors (Lipinski definition) is 0. The second-order valence-electron chi connectivity index (χ2n) is 5.02. The summed E-state index contributed by atoms with van der Waals surface area (Å²) < 4.78 is 0. The Morgan fingerprint density at radius 1 is 1.44 bits per heavy atom. The van der Waals surface area contributed by atoms with Crippen LogP contribution < -0.4 is 4.90 Å². The summed E-state index contributed by atoms with van der Waals surface area (Å²) >= 11 is 0. The van der Waals surface area contributed by atoms with E-state index in [4.69, 9.17) is 0 Å². The van der Waals surface area contributed by atoms with E-state index in [1.54, 1.807) is 6.08 Å². The predicted octanol–water partition coefficient (Wildman–Crippen LogP) is 3.57. The van der Waals surface area contributed by atoms with Crippen molar-refractivity contribution < 1.29 is 4.79 Å². The van der Waals surface area contributed by atoms with Crippen LogP contribution >= 0.6 is 0 Å². The minimum atomic E-state index is 0.114. The number of allylic oxidation sites excluding steroid dienone is 1. The van der Waals surface area contributed by atoms with Gasteiger partial charge in [-0.1, -0.05) is 44.5 Å². The number of amides is 1. The van der Waals surface area contributed by atoms with Gasteiger partial charge in [0.2, 0.25) is 0 Å². The molecule has 0 aromatic heterocycles. The van der Waals surface area contributed by atoms with Crippen molar-refractivity contribution in [2.75, 3.05) is 11.4 Å². The fraction of sp³-hybridized carbons (Fsp3) is 0.438. The molecular formula is C16H21NO. The van der Waals surface area contributed by atoms with E-state index >= 15 is 0 Å². The van der Waals surface area contributed by atoms with E-state index in [0.717, 1.165) is 31.5 Å². The molecule has 1 aliphatic heterocycles. The van der Waals surface area contributed by atoms with Gasteiger partial charge in [-0.05, 0) is 36.5 Å². The van der Waals surface area contributed by atoms with Crippen molar-refractivity contribution in [3.8, 4) is 0 Å². The second kappa shape index (κ2) is 5.85. The number of para-hydroxylation sites is 1. The summed E-state index contributed by atoms with van der Waals surface area (Å²) in [5.41, 5.74) is 2.36. The summed E-state index contributed by atoms with van der Waals surface area (Å²) in [6.07, 6.45) is 6.86. The molecule has 0 fully saturated rings. The van der Waals surface area contributed by atoms with Crippen LogP contribution in [0.25, 0.3) is 0 Å². The van der Waals surface area contributed by atoms with E-state index in [9.17, 15) is 4.79 Å². The third kappa shape index (κ3) is 2.81. The molecule has 0 bridgehead atoms. The fourth-order valence-corrected chi connectivity index (χ4v) is 2.22. The maximum absolute atomic E-state index is 12.1. The normalized spacial score (nSPS) is 16.0. The molecule has 2 heteroatoms. The first-order chi connectivity index (χ1) is 8.72. The van der Waals surface area contributed by atoms with E-state index in [-0.39, 0.29) is 5.91 Å². The van der Waals surface area contributed by atoms with Crippen LogP contribution in [0, 0.1) is 5.92 Å². The molecule has 1 atom stereocenters. The number of carbonyl (C=O) groups is 1. The van der Waals surface area contributed by atoms with Gasteiger partial charge < -0.3 is 4.90 Å². The SMILES string of the molecule is CC[C@H](C)C/C=C/C(=O)N1CCc2ccccc21. The Balaban J connectivity index is 1.99. The Labute approximate surface area is 109 Å². The summed E-state index contributed by atoms with van der Waals surface area (Å²) in [5, 5.41) is 0. The zero-order valence-corrected chi connectivity index (χ0v) is 11.2. The largest absolute Gasteiger partial charge is 0.308 e. The first kappa shape index (κ1) is 12.9. The summed E-state index contributed by atoms with van der Waals surface area (Å²) in [7, 11) is 0. The molecule has 0 unspecified atom stereocenters. The maximum atomic E-state index is 12.1. The molecule has 0 N–H and O–H groups in total. The first-order valence-electron chi connectivity index (χ1n) is 6.78. The van der Waals surface area contributed by atoms with Gasteiger partial charge in [0.15, 0.2) is 0 Å². The molecule has 96 valence electrons. The topological polar surface area (TPSA) is 20.3 Å². The molecule has 1 heterocycles. The number of carbonyl (C=O) groups excluding carboxylic acids is 1. The number of benzene rings is 1. The highest BCUT2D eigenvalue weighted by Gasteiger charge is 2.22. The Bertz CT molecular complexity index is 450. The van der Waals surface area contributed by atoms with Crippen LogP contribution in [0.5, 0.6) is 0 Å². The van der Waals surface area contributed by atoms with Crippen molar-refractivity contribution in [2.45, 2.75) is 33.1 Å².